The molecule has 4 heteroatoms. The van der Waals surface area contributed by atoms with Gasteiger partial charge in [0.05, 0.1) is 5.25 Å². The van der Waals surface area contributed by atoms with Crippen molar-refractivity contribution in [2.45, 2.75) is 24.5 Å². The van der Waals surface area contributed by atoms with Crippen molar-refractivity contribution in [1.29, 1.82) is 0 Å². The van der Waals surface area contributed by atoms with Crippen LogP contribution in [0.5, 0.6) is 5.75 Å². The Hall–Kier alpha value is -2.72. The van der Waals surface area contributed by atoms with Crippen LogP contribution in [-0.4, -0.2) is 11.2 Å². The predicted molar refractivity (Wildman–Crippen MR) is 113 cm³/mol. The molecule has 3 rings (SSSR count). The number of hydrogen-bond acceptors (Lipinski definition) is 3. The van der Waals surface area contributed by atoms with Gasteiger partial charge in [-0.05, 0) is 42.3 Å². The van der Waals surface area contributed by atoms with E-state index in [9.17, 15) is 4.79 Å². The summed E-state index contributed by atoms with van der Waals surface area (Å²) in [5.74, 6) is 1.61. The van der Waals surface area contributed by atoms with Crippen molar-refractivity contribution >= 4 is 23.4 Å². The fourth-order valence-corrected chi connectivity index (χ4v) is 3.34. The molecule has 0 aliphatic carbocycles. The molecule has 0 fully saturated rings. The van der Waals surface area contributed by atoms with Gasteiger partial charge < -0.3 is 10.1 Å². The van der Waals surface area contributed by atoms with Gasteiger partial charge in [0.2, 0.25) is 5.91 Å². The van der Waals surface area contributed by atoms with E-state index in [1.54, 1.807) is 11.8 Å². The minimum Gasteiger partial charge on any atom is -0.489 e. The highest BCUT2D eigenvalue weighted by molar-refractivity contribution is 7.99. The third-order valence-electron chi connectivity index (χ3n) is 4.08. The van der Waals surface area contributed by atoms with Crippen LogP contribution in [0.1, 0.15) is 18.1 Å². The van der Waals surface area contributed by atoms with Gasteiger partial charge in [-0.3, -0.25) is 4.79 Å². The molecule has 3 nitrogen and oxygen atoms in total. The van der Waals surface area contributed by atoms with E-state index in [4.69, 9.17) is 4.74 Å². The number of anilines is 1. The second-order valence-corrected chi connectivity index (χ2v) is 7.56. The normalized spacial score (nSPS) is 11.6. The fraction of sp³-hybridized carbons (Fsp3) is 0.174. The average molecular weight is 378 g/mol. The van der Waals surface area contributed by atoms with Gasteiger partial charge in [0, 0.05) is 11.4 Å². The largest absolute Gasteiger partial charge is 0.489 e. The Balaban J connectivity index is 1.46. The Morgan fingerprint density at radius 3 is 2.11 bits per heavy atom. The Labute approximate surface area is 164 Å². The zero-order chi connectivity index (χ0) is 18.9. The Morgan fingerprint density at radius 1 is 0.889 bits per heavy atom. The van der Waals surface area contributed by atoms with E-state index in [2.05, 4.69) is 17.4 Å². The lowest BCUT2D eigenvalue weighted by Gasteiger charge is -2.13. The molecule has 1 atom stereocenters. The molecule has 1 amide bonds. The molecule has 0 saturated heterocycles. The van der Waals surface area contributed by atoms with Gasteiger partial charge in [-0.2, -0.15) is 0 Å². The maximum Gasteiger partial charge on any atom is 0.237 e. The average Bonchev–Trinajstić information content (AvgIpc) is 2.73. The standard InChI is InChI=1S/C23H23NO2S/c1-18(27-17-20-10-6-3-7-11-20)23(25)24-21-12-14-22(15-13-21)26-16-19-8-4-2-5-9-19/h2-15,18H,16-17H2,1H3,(H,24,25). The number of hydrogen-bond donors (Lipinski definition) is 1. The molecule has 138 valence electrons. The molecule has 3 aromatic rings. The quantitative estimate of drug-likeness (QED) is 0.561. The maximum absolute atomic E-state index is 12.4. The molecule has 27 heavy (non-hydrogen) atoms. The van der Waals surface area contributed by atoms with E-state index in [0.717, 1.165) is 22.8 Å². The summed E-state index contributed by atoms with van der Waals surface area (Å²) in [5.41, 5.74) is 3.13. The fourth-order valence-electron chi connectivity index (χ4n) is 2.49. The van der Waals surface area contributed by atoms with E-state index in [1.165, 1.54) is 5.56 Å². The smallest absolute Gasteiger partial charge is 0.237 e. The van der Waals surface area contributed by atoms with Crippen LogP contribution in [0, 0.1) is 0 Å². The Bertz CT molecular complexity index is 835. The molecule has 1 N–H and O–H groups in total. The van der Waals surface area contributed by atoms with E-state index in [1.807, 2.05) is 79.7 Å². The highest BCUT2D eigenvalue weighted by Gasteiger charge is 2.13. The van der Waals surface area contributed by atoms with Gasteiger partial charge >= 0.3 is 0 Å². The molecule has 0 saturated carbocycles. The molecule has 0 bridgehead atoms. The molecule has 0 spiro atoms. The lowest BCUT2D eigenvalue weighted by Crippen LogP contribution is -2.22. The van der Waals surface area contributed by atoms with E-state index in [0.29, 0.717) is 6.61 Å². The predicted octanol–water partition coefficient (Wildman–Crippen LogP) is 5.53. The topological polar surface area (TPSA) is 38.3 Å². The van der Waals surface area contributed by atoms with Crippen LogP contribution in [0.3, 0.4) is 0 Å². The molecule has 0 aromatic heterocycles. The Kier molecular flexibility index (Phi) is 6.94. The number of amides is 1. The first kappa shape index (κ1) is 19.1. The lowest BCUT2D eigenvalue weighted by atomic mass is 10.2. The van der Waals surface area contributed by atoms with Crippen LogP contribution in [0.4, 0.5) is 5.69 Å². The monoisotopic (exact) mass is 377 g/mol. The Morgan fingerprint density at radius 2 is 1.48 bits per heavy atom. The summed E-state index contributed by atoms with van der Waals surface area (Å²) in [6, 6.07) is 27.7. The van der Waals surface area contributed by atoms with Crippen molar-refractivity contribution in [3.63, 3.8) is 0 Å². The molecule has 0 aliphatic rings. The van der Waals surface area contributed by atoms with Crippen LogP contribution in [-0.2, 0) is 17.2 Å². The van der Waals surface area contributed by atoms with Crippen LogP contribution in [0.15, 0.2) is 84.9 Å². The van der Waals surface area contributed by atoms with E-state index in [-0.39, 0.29) is 11.2 Å². The van der Waals surface area contributed by atoms with Crippen molar-refractivity contribution in [2.75, 3.05) is 5.32 Å². The SMILES string of the molecule is CC(SCc1ccccc1)C(=O)Nc1ccc(OCc2ccccc2)cc1. The number of thioether (sulfide) groups is 1. The number of benzene rings is 3. The molecular weight excluding hydrogens is 354 g/mol. The number of carbonyl (C=O) groups excluding carboxylic acids is 1. The minimum atomic E-state index is -0.126. The number of nitrogens with one attached hydrogen (secondary N) is 1. The van der Waals surface area contributed by atoms with Crippen LogP contribution in [0.2, 0.25) is 0 Å². The van der Waals surface area contributed by atoms with Crippen LogP contribution in [0.25, 0.3) is 0 Å². The lowest BCUT2D eigenvalue weighted by molar-refractivity contribution is -0.115. The second kappa shape index (κ2) is 9.83. The number of rotatable bonds is 8. The minimum absolute atomic E-state index is 0.00823. The molecule has 0 heterocycles. The zero-order valence-corrected chi connectivity index (χ0v) is 16.1. The summed E-state index contributed by atoms with van der Waals surface area (Å²) >= 11 is 1.63. The van der Waals surface area contributed by atoms with Crippen LogP contribution < -0.4 is 10.1 Å². The van der Waals surface area contributed by atoms with Crippen molar-refractivity contribution in [3.8, 4) is 5.75 Å². The van der Waals surface area contributed by atoms with Crippen molar-refractivity contribution in [1.82, 2.24) is 0 Å². The third-order valence-corrected chi connectivity index (χ3v) is 5.30. The summed E-state index contributed by atoms with van der Waals surface area (Å²) in [6.45, 7) is 2.46. The summed E-state index contributed by atoms with van der Waals surface area (Å²) in [6.07, 6.45) is 0. The van der Waals surface area contributed by atoms with Gasteiger partial charge in [0.15, 0.2) is 0 Å². The van der Waals surface area contributed by atoms with Gasteiger partial charge in [0.1, 0.15) is 12.4 Å². The first-order valence-corrected chi connectivity index (χ1v) is 9.99. The maximum atomic E-state index is 12.4. The highest BCUT2D eigenvalue weighted by Crippen LogP contribution is 2.21. The zero-order valence-electron chi connectivity index (χ0n) is 15.3. The first-order chi connectivity index (χ1) is 13.2. The van der Waals surface area contributed by atoms with E-state index < -0.39 is 0 Å². The number of ether oxygens (including phenoxy) is 1. The third kappa shape index (κ3) is 6.19. The van der Waals surface area contributed by atoms with Crippen molar-refractivity contribution < 1.29 is 9.53 Å². The van der Waals surface area contributed by atoms with E-state index >= 15 is 0 Å². The summed E-state index contributed by atoms with van der Waals surface area (Å²) in [4.78, 5) is 12.4. The molecule has 1 unspecified atom stereocenters. The highest BCUT2D eigenvalue weighted by atomic mass is 32.2. The molecule has 0 radical (unpaired) electrons. The number of carbonyl (C=O) groups is 1. The van der Waals surface area contributed by atoms with Gasteiger partial charge in [-0.1, -0.05) is 60.7 Å². The summed E-state index contributed by atoms with van der Waals surface area (Å²) in [5, 5.41) is 2.84. The van der Waals surface area contributed by atoms with Gasteiger partial charge in [-0.15, -0.1) is 11.8 Å². The summed E-state index contributed by atoms with van der Waals surface area (Å²) < 4.78 is 5.77. The molecule has 3 aromatic carbocycles. The molecular formula is C23H23NO2S. The van der Waals surface area contributed by atoms with Gasteiger partial charge in [-0.25, -0.2) is 0 Å². The van der Waals surface area contributed by atoms with Gasteiger partial charge in [0.25, 0.3) is 0 Å². The second-order valence-electron chi connectivity index (χ2n) is 6.23. The van der Waals surface area contributed by atoms with Crippen molar-refractivity contribution in [3.05, 3.63) is 96.1 Å². The molecule has 0 aliphatic heterocycles. The first-order valence-electron chi connectivity index (χ1n) is 8.94. The summed E-state index contributed by atoms with van der Waals surface area (Å²) in [7, 11) is 0. The van der Waals surface area contributed by atoms with Crippen molar-refractivity contribution in [2.24, 2.45) is 0 Å². The van der Waals surface area contributed by atoms with Crippen LogP contribution >= 0.6 is 11.8 Å².